The van der Waals surface area contributed by atoms with E-state index in [0.29, 0.717) is 0 Å². The monoisotopic (exact) mass is 452 g/mol. The van der Waals surface area contributed by atoms with Crippen LogP contribution in [0.5, 0.6) is 0 Å². The third kappa shape index (κ3) is 2.61. The third-order valence-electron chi connectivity index (χ3n) is 5.68. The highest BCUT2D eigenvalue weighted by atomic mass is 79.9. The second kappa shape index (κ2) is 6.57. The summed E-state index contributed by atoms with van der Waals surface area (Å²) in [6.07, 6.45) is 0. The van der Waals surface area contributed by atoms with Gasteiger partial charge in [-0.15, -0.1) is 0 Å². The molecule has 0 saturated heterocycles. The van der Waals surface area contributed by atoms with Crippen molar-refractivity contribution in [1.82, 2.24) is 9.55 Å². The molecule has 0 amide bonds. The van der Waals surface area contributed by atoms with Crippen molar-refractivity contribution in [3.8, 4) is 22.5 Å². The van der Waals surface area contributed by atoms with Crippen molar-refractivity contribution in [2.45, 2.75) is 0 Å². The summed E-state index contributed by atoms with van der Waals surface area (Å²) in [6.45, 7) is 0. The first-order valence-corrected chi connectivity index (χ1v) is 10.6. The molecule has 0 saturated carbocycles. The average Bonchev–Trinajstić information content (AvgIpc) is 3.31. The number of hydrogen-bond donors (Lipinski definition) is 0. The van der Waals surface area contributed by atoms with E-state index < -0.39 is 0 Å². The number of aromatic nitrogens is 2. The summed E-state index contributed by atoms with van der Waals surface area (Å²) in [5, 5.41) is 2.24. The van der Waals surface area contributed by atoms with Crippen LogP contribution in [0.15, 0.2) is 93.8 Å². The van der Waals surface area contributed by atoms with Gasteiger partial charge in [-0.25, -0.2) is 4.98 Å². The van der Waals surface area contributed by atoms with E-state index in [1.54, 1.807) is 0 Å². The molecule has 0 bridgehead atoms. The summed E-state index contributed by atoms with van der Waals surface area (Å²) >= 11 is 3.57. The van der Waals surface area contributed by atoms with Crippen LogP contribution in [0, 0.1) is 0 Å². The molecule has 2 heterocycles. The van der Waals surface area contributed by atoms with E-state index in [9.17, 15) is 0 Å². The topological polar surface area (TPSA) is 31.0 Å². The number of fused-ring (bicyclic) bond motifs is 4. The van der Waals surface area contributed by atoms with Gasteiger partial charge in [-0.1, -0.05) is 70.5 Å². The normalized spacial score (nSPS) is 11.7. The van der Waals surface area contributed by atoms with Crippen LogP contribution in [0.1, 0.15) is 0 Å². The number of halogens is 1. The SMILES string of the molecule is Cn1c(-c2ccccc2)nc2ccc(-c3cccc4c3oc3ccc(Br)cc34)cc21. The summed E-state index contributed by atoms with van der Waals surface area (Å²) in [6, 6.07) is 29.2. The number of nitrogens with zero attached hydrogens (tertiary/aromatic N) is 2. The highest BCUT2D eigenvalue weighted by molar-refractivity contribution is 9.10. The fourth-order valence-corrected chi connectivity index (χ4v) is 4.56. The lowest BCUT2D eigenvalue weighted by Crippen LogP contribution is -1.92. The zero-order valence-corrected chi connectivity index (χ0v) is 17.8. The molecule has 0 aliphatic rings. The van der Waals surface area contributed by atoms with Gasteiger partial charge < -0.3 is 8.98 Å². The largest absolute Gasteiger partial charge is 0.455 e. The van der Waals surface area contributed by atoms with Gasteiger partial charge in [0, 0.05) is 33.4 Å². The van der Waals surface area contributed by atoms with Crippen molar-refractivity contribution in [3.05, 3.63) is 89.4 Å². The highest BCUT2D eigenvalue weighted by Crippen LogP contribution is 2.37. The summed E-state index contributed by atoms with van der Waals surface area (Å²) in [5.41, 5.74) is 7.22. The lowest BCUT2D eigenvalue weighted by atomic mass is 10.0. The molecule has 0 fully saturated rings. The van der Waals surface area contributed by atoms with Crippen LogP contribution in [-0.4, -0.2) is 9.55 Å². The van der Waals surface area contributed by atoms with Crippen LogP contribution in [0.25, 0.3) is 55.5 Å². The number of rotatable bonds is 2. The Morgan fingerprint density at radius 2 is 1.67 bits per heavy atom. The molecule has 4 heteroatoms. The van der Waals surface area contributed by atoms with Crippen LogP contribution < -0.4 is 0 Å². The third-order valence-corrected chi connectivity index (χ3v) is 6.18. The Kier molecular flexibility index (Phi) is 3.83. The number of imidazole rings is 1. The maximum atomic E-state index is 6.27. The van der Waals surface area contributed by atoms with Gasteiger partial charge in [-0.3, -0.25) is 0 Å². The minimum atomic E-state index is 0.897. The van der Waals surface area contributed by atoms with Crippen molar-refractivity contribution in [2.75, 3.05) is 0 Å². The molecule has 0 unspecified atom stereocenters. The van der Waals surface area contributed by atoms with Crippen molar-refractivity contribution in [2.24, 2.45) is 7.05 Å². The minimum Gasteiger partial charge on any atom is -0.455 e. The Balaban J connectivity index is 1.57. The van der Waals surface area contributed by atoms with Gasteiger partial charge in [0.05, 0.1) is 11.0 Å². The van der Waals surface area contributed by atoms with Gasteiger partial charge in [0.25, 0.3) is 0 Å². The lowest BCUT2D eigenvalue weighted by molar-refractivity contribution is 0.670. The minimum absolute atomic E-state index is 0.897. The molecule has 4 aromatic carbocycles. The smallest absolute Gasteiger partial charge is 0.143 e. The molecule has 2 aromatic heterocycles. The zero-order valence-electron chi connectivity index (χ0n) is 16.3. The summed E-state index contributed by atoms with van der Waals surface area (Å²) in [7, 11) is 2.07. The van der Waals surface area contributed by atoms with Crippen LogP contribution in [-0.2, 0) is 7.05 Å². The Bertz CT molecular complexity index is 1560. The molecule has 0 radical (unpaired) electrons. The molecule has 3 nitrogen and oxygen atoms in total. The van der Waals surface area contributed by atoms with Crippen molar-refractivity contribution in [1.29, 1.82) is 0 Å². The van der Waals surface area contributed by atoms with Gasteiger partial charge in [-0.05, 0) is 35.9 Å². The Morgan fingerprint density at radius 1 is 0.800 bits per heavy atom. The molecule has 0 N–H and O–H groups in total. The molecule has 0 aliphatic heterocycles. The molecule has 0 aliphatic carbocycles. The number of aryl methyl sites for hydroxylation is 1. The van der Waals surface area contributed by atoms with E-state index in [2.05, 4.69) is 82.1 Å². The summed E-state index contributed by atoms with van der Waals surface area (Å²) in [4.78, 5) is 4.86. The number of hydrogen-bond acceptors (Lipinski definition) is 2. The van der Waals surface area contributed by atoms with Crippen LogP contribution >= 0.6 is 15.9 Å². The molecule has 30 heavy (non-hydrogen) atoms. The molecule has 6 aromatic rings. The predicted molar refractivity (Wildman–Crippen MR) is 127 cm³/mol. The molecular weight excluding hydrogens is 436 g/mol. The molecule has 0 spiro atoms. The lowest BCUT2D eigenvalue weighted by Gasteiger charge is -2.05. The van der Waals surface area contributed by atoms with E-state index in [1.165, 1.54) is 0 Å². The van der Waals surface area contributed by atoms with E-state index in [-0.39, 0.29) is 0 Å². The summed E-state index contributed by atoms with van der Waals surface area (Å²) in [5.74, 6) is 0.967. The van der Waals surface area contributed by atoms with Crippen LogP contribution in [0.4, 0.5) is 0 Å². The fourth-order valence-electron chi connectivity index (χ4n) is 4.20. The maximum absolute atomic E-state index is 6.27. The number of para-hydroxylation sites is 1. The van der Waals surface area contributed by atoms with E-state index in [0.717, 1.165) is 60.0 Å². The maximum Gasteiger partial charge on any atom is 0.143 e. The van der Waals surface area contributed by atoms with Gasteiger partial charge in [0.2, 0.25) is 0 Å². The number of furan rings is 1. The quantitative estimate of drug-likeness (QED) is 0.271. The molecule has 0 atom stereocenters. The van der Waals surface area contributed by atoms with Crippen LogP contribution in [0.3, 0.4) is 0 Å². The first-order chi connectivity index (χ1) is 14.7. The average molecular weight is 453 g/mol. The first-order valence-electron chi connectivity index (χ1n) is 9.82. The van der Waals surface area contributed by atoms with Gasteiger partial charge in [-0.2, -0.15) is 0 Å². The van der Waals surface area contributed by atoms with Crippen LogP contribution in [0.2, 0.25) is 0 Å². The van der Waals surface area contributed by atoms with Crippen molar-refractivity contribution < 1.29 is 4.42 Å². The standard InChI is InChI=1S/C26H17BrN2O/c1-29-23-14-17(10-12-22(23)28-26(29)16-6-3-2-4-7-16)19-8-5-9-20-21-15-18(27)11-13-24(21)30-25(19)20/h2-15H,1H3. The van der Waals surface area contributed by atoms with Gasteiger partial charge in [0.15, 0.2) is 0 Å². The fraction of sp³-hybridized carbons (Fsp3) is 0.0385. The predicted octanol–water partition coefficient (Wildman–Crippen LogP) is 7.57. The van der Waals surface area contributed by atoms with Crippen molar-refractivity contribution >= 4 is 48.9 Å². The number of benzene rings is 4. The zero-order chi connectivity index (χ0) is 20.2. The second-order valence-corrected chi connectivity index (χ2v) is 8.40. The van der Waals surface area contributed by atoms with Crippen molar-refractivity contribution in [3.63, 3.8) is 0 Å². The molecule has 144 valence electrons. The Hall–Kier alpha value is -3.37. The van der Waals surface area contributed by atoms with Gasteiger partial charge >= 0.3 is 0 Å². The molecular formula is C26H17BrN2O. The summed E-state index contributed by atoms with van der Waals surface area (Å²) < 4.78 is 9.47. The van der Waals surface area contributed by atoms with E-state index in [4.69, 9.17) is 9.40 Å². The second-order valence-electron chi connectivity index (χ2n) is 7.49. The molecule has 6 rings (SSSR count). The Labute approximate surface area is 181 Å². The van der Waals surface area contributed by atoms with E-state index >= 15 is 0 Å². The highest BCUT2D eigenvalue weighted by Gasteiger charge is 2.15. The van der Waals surface area contributed by atoms with Gasteiger partial charge in [0.1, 0.15) is 17.0 Å². The Morgan fingerprint density at radius 3 is 2.53 bits per heavy atom. The first kappa shape index (κ1) is 17.5. The van der Waals surface area contributed by atoms with E-state index in [1.807, 2.05) is 30.3 Å².